The van der Waals surface area contributed by atoms with Crippen molar-refractivity contribution in [3.63, 3.8) is 0 Å². The van der Waals surface area contributed by atoms with E-state index in [1.54, 1.807) is 0 Å². The largest absolute Gasteiger partial charge is 0.493 e. The summed E-state index contributed by atoms with van der Waals surface area (Å²) in [4.78, 5) is 18.7. The third-order valence-corrected chi connectivity index (χ3v) is 4.63. The Morgan fingerprint density at radius 3 is 2.63 bits per heavy atom. The maximum absolute atomic E-state index is 11.7. The molecule has 0 spiro atoms. The standard InChI is InChI=1S/C19H28ClN3O3.HI/c1-4-21-19(23-10-8-14(9-11-23)18(24)25-3)22-13-15-6-7-16(20)12-17(15)26-5-2;/h6-7,12,14H,4-5,8-11,13H2,1-3H3,(H,21,22);1H. The second-order valence-corrected chi connectivity index (χ2v) is 6.58. The third kappa shape index (κ3) is 7.03. The molecule has 1 N–H and O–H groups in total. The Balaban J connectivity index is 0.00000364. The number of aliphatic imine (C=N–C) groups is 1. The second-order valence-electron chi connectivity index (χ2n) is 6.14. The van der Waals surface area contributed by atoms with E-state index in [4.69, 9.17) is 26.1 Å². The number of hydrogen-bond acceptors (Lipinski definition) is 4. The summed E-state index contributed by atoms with van der Waals surface area (Å²) in [5, 5.41) is 3.99. The Morgan fingerprint density at radius 1 is 1.33 bits per heavy atom. The first-order valence-electron chi connectivity index (χ1n) is 9.11. The summed E-state index contributed by atoms with van der Waals surface area (Å²) in [6.07, 6.45) is 1.56. The lowest BCUT2D eigenvalue weighted by molar-refractivity contribution is -0.146. The minimum absolute atomic E-state index is 0. The molecule has 0 aromatic heterocycles. The van der Waals surface area contributed by atoms with Crippen LogP contribution in [0.3, 0.4) is 0 Å². The summed E-state index contributed by atoms with van der Waals surface area (Å²) in [5.41, 5.74) is 0.996. The van der Waals surface area contributed by atoms with Gasteiger partial charge in [-0.3, -0.25) is 4.79 Å². The number of ether oxygens (including phenoxy) is 2. The lowest BCUT2D eigenvalue weighted by Crippen LogP contribution is -2.46. The zero-order valence-corrected chi connectivity index (χ0v) is 19.3. The number of rotatable bonds is 6. The molecule has 1 aromatic rings. The summed E-state index contributed by atoms with van der Waals surface area (Å²) in [6.45, 7) is 7.43. The fourth-order valence-corrected chi connectivity index (χ4v) is 3.19. The Labute approximate surface area is 183 Å². The van der Waals surface area contributed by atoms with Gasteiger partial charge in [-0.25, -0.2) is 4.99 Å². The van der Waals surface area contributed by atoms with Crippen LogP contribution < -0.4 is 10.1 Å². The summed E-state index contributed by atoms with van der Waals surface area (Å²) in [5.74, 6) is 1.49. The lowest BCUT2D eigenvalue weighted by Gasteiger charge is -2.33. The molecule has 1 aliphatic rings. The Kier molecular flexibility index (Phi) is 10.8. The number of nitrogens with one attached hydrogen (secondary N) is 1. The van der Waals surface area contributed by atoms with Gasteiger partial charge < -0.3 is 19.7 Å². The molecule has 0 saturated carbocycles. The molecule has 6 nitrogen and oxygen atoms in total. The van der Waals surface area contributed by atoms with Crippen molar-refractivity contribution in [2.24, 2.45) is 10.9 Å². The molecule has 2 rings (SSSR count). The van der Waals surface area contributed by atoms with E-state index in [9.17, 15) is 4.79 Å². The maximum Gasteiger partial charge on any atom is 0.308 e. The van der Waals surface area contributed by atoms with Crippen LogP contribution in [0.4, 0.5) is 0 Å². The van der Waals surface area contributed by atoms with E-state index >= 15 is 0 Å². The fourth-order valence-electron chi connectivity index (χ4n) is 3.03. The van der Waals surface area contributed by atoms with Crippen LogP contribution in [0.15, 0.2) is 23.2 Å². The first-order chi connectivity index (χ1) is 12.6. The van der Waals surface area contributed by atoms with Gasteiger partial charge in [0.25, 0.3) is 0 Å². The molecule has 1 heterocycles. The SMILES string of the molecule is CCNC(=NCc1ccc(Cl)cc1OCC)N1CCC(C(=O)OC)CC1.I. The molecule has 1 aromatic carbocycles. The smallest absolute Gasteiger partial charge is 0.308 e. The van der Waals surface area contributed by atoms with Crippen molar-refractivity contribution in [1.29, 1.82) is 0 Å². The average molecular weight is 510 g/mol. The van der Waals surface area contributed by atoms with E-state index in [0.29, 0.717) is 18.2 Å². The van der Waals surface area contributed by atoms with Crippen molar-refractivity contribution in [3.8, 4) is 5.75 Å². The predicted molar refractivity (Wildman–Crippen MR) is 119 cm³/mol. The van der Waals surface area contributed by atoms with Gasteiger partial charge >= 0.3 is 5.97 Å². The number of halogens is 2. The highest BCUT2D eigenvalue weighted by Crippen LogP contribution is 2.24. The predicted octanol–water partition coefficient (Wildman–Crippen LogP) is 3.71. The molecular formula is C19H29ClIN3O3. The number of guanidine groups is 1. The summed E-state index contributed by atoms with van der Waals surface area (Å²) >= 11 is 6.06. The van der Waals surface area contributed by atoms with Gasteiger partial charge in [0.05, 0.1) is 26.2 Å². The van der Waals surface area contributed by atoms with Gasteiger partial charge in [-0.05, 0) is 38.8 Å². The van der Waals surface area contributed by atoms with Crippen LogP contribution >= 0.6 is 35.6 Å². The van der Waals surface area contributed by atoms with E-state index < -0.39 is 0 Å². The Morgan fingerprint density at radius 2 is 2.04 bits per heavy atom. The summed E-state index contributed by atoms with van der Waals surface area (Å²) in [7, 11) is 1.45. The van der Waals surface area contributed by atoms with Gasteiger partial charge in [0.15, 0.2) is 5.96 Å². The van der Waals surface area contributed by atoms with E-state index in [1.807, 2.05) is 32.0 Å². The van der Waals surface area contributed by atoms with E-state index in [0.717, 1.165) is 49.7 Å². The highest BCUT2D eigenvalue weighted by molar-refractivity contribution is 14.0. The molecule has 27 heavy (non-hydrogen) atoms. The van der Waals surface area contributed by atoms with Crippen molar-refractivity contribution < 1.29 is 14.3 Å². The van der Waals surface area contributed by atoms with Gasteiger partial charge in [0.2, 0.25) is 0 Å². The molecule has 0 aliphatic carbocycles. The number of esters is 1. The molecule has 0 radical (unpaired) electrons. The minimum atomic E-state index is -0.117. The summed E-state index contributed by atoms with van der Waals surface area (Å²) in [6, 6.07) is 5.62. The number of benzene rings is 1. The van der Waals surface area contributed by atoms with Crippen LogP contribution in [0.2, 0.25) is 5.02 Å². The van der Waals surface area contributed by atoms with Gasteiger partial charge in [-0.15, -0.1) is 24.0 Å². The topological polar surface area (TPSA) is 63.2 Å². The summed E-state index contributed by atoms with van der Waals surface area (Å²) < 4.78 is 10.5. The number of nitrogens with zero attached hydrogens (tertiary/aromatic N) is 2. The molecular weight excluding hydrogens is 481 g/mol. The molecule has 0 unspecified atom stereocenters. The van der Waals surface area contributed by atoms with Crippen LogP contribution in [-0.2, 0) is 16.1 Å². The molecule has 0 amide bonds. The third-order valence-electron chi connectivity index (χ3n) is 4.39. The number of piperidine rings is 1. The van der Waals surface area contributed by atoms with E-state index in [-0.39, 0.29) is 35.9 Å². The normalized spacial score (nSPS) is 15.1. The van der Waals surface area contributed by atoms with Gasteiger partial charge in [-0.2, -0.15) is 0 Å². The van der Waals surface area contributed by atoms with Crippen molar-refractivity contribution >= 4 is 47.5 Å². The van der Waals surface area contributed by atoms with Crippen LogP contribution in [0, 0.1) is 5.92 Å². The molecule has 1 aliphatic heterocycles. The van der Waals surface area contributed by atoms with Crippen LogP contribution in [0.1, 0.15) is 32.3 Å². The lowest BCUT2D eigenvalue weighted by atomic mass is 9.97. The van der Waals surface area contributed by atoms with Crippen molar-refractivity contribution in [2.75, 3.05) is 33.4 Å². The van der Waals surface area contributed by atoms with Gasteiger partial charge in [0, 0.05) is 30.2 Å². The first kappa shape index (κ1) is 23.8. The molecule has 1 fully saturated rings. The maximum atomic E-state index is 11.7. The highest BCUT2D eigenvalue weighted by atomic mass is 127. The molecule has 8 heteroatoms. The molecule has 0 bridgehead atoms. The number of carbonyl (C=O) groups is 1. The quantitative estimate of drug-likeness (QED) is 0.274. The van der Waals surface area contributed by atoms with Crippen LogP contribution in [-0.4, -0.2) is 50.2 Å². The zero-order valence-electron chi connectivity index (χ0n) is 16.2. The van der Waals surface area contributed by atoms with Crippen LogP contribution in [0.25, 0.3) is 0 Å². The number of hydrogen-bond donors (Lipinski definition) is 1. The number of carbonyl (C=O) groups excluding carboxylic acids is 1. The highest BCUT2D eigenvalue weighted by Gasteiger charge is 2.27. The number of methoxy groups -OCH3 is 1. The van der Waals surface area contributed by atoms with Gasteiger partial charge in [-0.1, -0.05) is 17.7 Å². The Hall–Kier alpha value is -1.22. The minimum Gasteiger partial charge on any atom is -0.493 e. The molecule has 1 saturated heterocycles. The van der Waals surface area contributed by atoms with Crippen molar-refractivity contribution in [1.82, 2.24) is 10.2 Å². The van der Waals surface area contributed by atoms with Gasteiger partial charge in [0.1, 0.15) is 5.75 Å². The number of likely N-dealkylation sites (tertiary alicyclic amines) is 1. The fraction of sp³-hybridized carbons (Fsp3) is 0.579. The van der Waals surface area contributed by atoms with E-state index in [2.05, 4.69) is 10.2 Å². The molecule has 0 atom stereocenters. The van der Waals surface area contributed by atoms with Crippen LogP contribution in [0.5, 0.6) is 5.75 Å². The van der Waals surface area contributed by atoms with E-state index in [1.165, 1.54) is 7.11 Å². The monoisotopic (exact) mass is 509 g/mol. The Bertz CT molecular complexity index is 635. The average Bonchev–Trinajstić information content (AvgIpc) is 2.66. The van der Waals surface area contributed by atoms with Crippen molar-refractivity contribution in [3.05, 3.63) is 28.8 Å². The van der Waals surface area contributed by atoms with Crippen molar-refractivity contribution in [2.45, 2.75) is 33.2 Å². The first-order valence-corrected chi connectivity index (χ1v) is 9.49. The molecule has 152 valence electrons. The zero-order chi connectivity index (χ0) is 18.9. The second kappa shape index (κ2) is 12.3.